The molecule has 5 nitrogen and oxygen atoms in total. The molecule has 1 aliphatic rings. The fraction of sp³-hybridized carbons (Fsp3) is 0.562. The zero-order valence-corrected chi connectivity index (χ0v) is 12.8. The number of oxime groups is 1. The molecule has 116 valence electrons. The van der Waals surface area contributed by atoms with Gasteiger partial charge in [-0.25, -0.2) is 0 Å². The van der Waals surface area contributed by atoms with Gasteiger partial charge in [0, 0.05) is 25.0 Å². The maximum Gasteiger partial charge on any atom is 0.141 e. The summed E-state index contributed by atoms with van der Waals surface area (Å²) in [5.74, 6) is 0.262. The minimum atomic E-state index is 0.110. The first-order valence-corrected chi connectivity index (χ1v) is 7.54. The summed E-state index contributed by atoms with van der Waals surface area (Å²) < 4.78 is 5.78. The molecule has 2 rings (SSSR count). The normalized spacial score (nSPS) is 25.7. The molecule has 0 radical (unpaired) electrons. The molecule has 3 N–H and O–H groups in total. The van der Waals surface area contributed by atoms with Crippen LogP contribution >= 0.6 is 0 Å². The van der Waals surface area contributed by atoms with Crippen LogP contribution in [0, 0.1) is 0 Å². The van der Waals surface area contributed by atoms with Crippen molar-refractivity contribution in [2.45, 2.75) is 44.9 Å². The van der Waals surface area contributed by atoms with E-state index in [1.165, 1.54) is 5.56 Å². The van der Waals surface area contributed by atoms with E-state index in [2.05, 4.69) is 36.0 Å². The van der Waals surface area contributed by atoms with Crippen LogP contribution in [0.15, 0.2) is 35.5 Å². The summed E-state index contributed by atoms with van der Waals surface area (Å²) in [6.07, 6.45) is 1.74. The first kappa shape index (κ1) is 15.8. The van der Waals surface area contributed by atoms with Crippen LogP contribution in [0.5, 0.6) is 0 Å². The molecule has 21 heavy (non-hydrogen) atoms. The van der Waals surface area contributed by atoms with Gasteiger partial charge in [0.2, 0.25) is 0 Å². The number of amidine groups is 1. The van der Waals surface area contributed by atoms with E-state index in [-0.39, 0.29) is 18.0 Å². The van der Waals surface area contributed by atoms with Crippen LogP contribution in [-0.2, 0) is 4.74 Å². The average molecular weight is 291 g/mol. The quantitative estimate of drug-likeness (QED) is 0.378. The number of benzene rings is 1. The molecule has 3 unspecified atom stereocenters. The van der Waals surface area contributed by atoms with Gasteiger partial charge in [0.15, 0.2) is 0 Å². The smallest absolute Gasteiger partial charge is 0.141 e. The summed E-state index contributed by atoms with van der Waals surface area (Å²) >= 11 is 0. The van der Waals surface area contributed by atoms with Crippen molar-refractivity contribution in [3.8, 4) is 0 Å². The van der Waals surface area contributed by atoms with Gasteiger partial charge in [-0.05, 0) is 18.9 Å². The van der Waals surface area contributed by atoms with E-state index in [0.29, 0.717) is 12.5 Å². The van der Waals surface area contributed by atoms with Crippen LogP contribution in [0.1, 0.15) is 38.3 Å². The monoisotopic (exact) mass is 291 g/mol. The zero-order chi connectivity index (χ0) is 15.2. The Morgan fingerprint density at radius 2 is 2.19 bits per heavy atom. The first-order valence-electron chi connectivity index (χ1n) is 7.54. The second kappa shape index (κ2) is 7.43. The van der Waals surface area contributed by atoms with Gasteiger partial charge < -0.3 is 15.7 Å². The minimum absolute atomic E-state index is 0.110. The SMILES string of the molecule is CCC1COC(C)CN1C(CC(N)=NO)c1ccccc1. The number of hydrogen-bond acceptors (Lipinski definition) is 4. The summed E-state index contributed by atoms with van der Waals surface area (Å²) in [7, 11) is 0. The fourth-order valence-electron chi connectivity index (χ4n) is 2.94. The van der Waals surface area contributed by atoms with Gasteiger partial charge in [0.25, 0.3) is 0 Å². The van der Waals surface area contributed by atoms with Gasteiger partial charge in [-0.15, -0.1) is 0 Å². The number of nitrogens with two attached hydrogens (primary N) is 1. The third-order valence-electron chi connectivity index (χ3n) is 4.10. The lowest BCUT2D eigenvalue weighted by Crippen LogP contribution is -2.50. The Bertz CT molecular complexity index is 464. The minimum Gasteiger partial charge on any atom is -0.409 e. The lowest BCUT2D eigenvalue weighted by atomic mass is 9.97. The number of ether oxygens (including phenoxy) is 1. The molecule has 0 aliphatic carbocycles. The average Bonchev–Trinajstić information content (AvgIpc) is 2.53. The van der Waals surface area contributed by atoms with Crippen LogP contribution in [0.2, 0.25) is 0 Å². The Kier molecular flexibility index (Phi) is 5.59. The number of hydrogen-bond donors (Lipinski definition) is 2. The highest BCUT2D eigenvalue weighted by molar-refractivity contribution is 5.80. The molecule has 1 heterocycles. The third-order valence-corrected chi connectivity index (χ3v) is 4.10. The van der Waals surface area contributed by atoms with E-state index < -0.39 is 0 Å². The highest BCUT2D eigenvalue weighted by atomic mass is 16.5. The van der Waals surface area contributed by atoms with Gasteiger partial charge in [0.05, 0.1) is 12.7 Å². The molecule has 0 spiro atoms. The Morgan fingerprint density at radius 3 is 2.81 bits per heavy atom. The van der Waals surface area contributed by atoms with Crippen molar-refractivity contribution in [1.82, 2.24) is 4.90 Å². The largest absolute Gasteiger partial charge is 0.409 e. The highest BCUT2D eigenvalue weighted by Crippen LogP contribution is 2.30. The van der Waals surface area contributed by atoms with Gasteiger partial charge >= 0.3 is 0 Å². The summed E-state index contributed by atoms with van der Waals surface area (Å²) in [5.41, 5.74) is 6.97. The molecule has 0 amide bonds. The molecule has 0 saturated carbocycles. The van der Waals surface area contributed by atoms with E-state index in [4.69, 9.17) is 15.7 Å². The standard InChI is InChI=1S/C16H25N3O2/c1-3-14-11-21-12(2)10-19(14)15(9-16(17)18-20)13-7-5-4-6-8-13/h4-8,12,14-15,20H,3,9-11H2,1-2H3,(H2,17,18). The van der Waals surface area contributed by atoms with Crippen molar-refractivity contribution in [1.29, 1.82) is 0 Å². The van der Waals surface area contributed by atoms with Crippen LogP contribution in [0.3, 0.4) is 0 Å². The predicted octanol–water partition coefficient (Wildman–Crippen LogP) is 2.36. The predicted molar refractivity (Wildman–Crippen MR) is 83.4 cm³/mol. The van der Waals surface area contributed by atoms with Gasteiger partial charge in [-0.2, -0.15) is 0 Å². The lowest BCUT2D eigenvalue weighted by molar-refractivity contribution is -0.0724. The van der Waals surface area contributed by atoms with E-state index in [9.17, 15) is 0 Å². The molecule has 1 aromatic rings. The second-order valence-electron chi connectivity index (χ2n) is 5.62. The number of nitrogens with zero attached hydrogens (tertiary/aromatic N) is 2. The van der Waals surface area contributed by atoms with Crippen molar-refractivity contribution < 1.29 is 9.94 Å². The van der Waals surface area contributed by atoms with Crippen molar-refractivity contribution in [3.05, 3.63) is 35.9 Å². The Morgan fingerprint density at radius 1 is 1.48 bits per heavy atom. The molecule has 5 heteroatoms. The second-order valence-corrected chi connectivity index (χ2v) is 5.62. The third kappa shape index (κ3) is 3.95. The number of morpholine rings is 1. The molecular weight excluding hydrogens is 266 g/mol. The van der Waals surface area contributed by atoms with Crippen molar-refractivity contribution in [3.63, 3.8) is 0 Å². The maximum absolute atomic E-state index is 8.92. The van der Waals surface area contributed by atoms with Gasteiger partial charge in [-0.1, -0.05) is 42.4 Å². The molecular formula is C16H25N3O2. The van der Waals surface area contributed by atoms with Crippen LogP contribution in [0.4, 0.5) is 0 Å². The van der Waals surface area contributed by atoms with Gasteiger partial charge in [-0.3, -0.25) is 4.90 Å². The molecule has 0 bridgehead atoms. The lowest BCUT2D eigenvalue weighted by Gasteiger charge is -2.43. The fourth-order valence-corrected chi connectivity index (χ4v) is 2.94. The highest BCUT2D eigenvalue weighted by Gasteiger charge is 2.32. The Hall–Kier alpha value is -1.59. The van der Waals surface area contributed by atoms with Crippen LogP contribution in [0.25, 0.3) is 0 Å². The summed E-state index contributed by atoms with van der Waals surface area (Å²) in [5, 5.41) is 12.1. The molecule has 3 atom stereocenters. The van der Waals surface area contributed by atoms with Crippen LogP contribution in [-0.4, -0.2) is 41.2 Å². The zero-order valence-electron chi connectivity index (χ0n) is 12.8. The van der Waals surface area contributed by atoms with Gasteiger partial charge in [0.1, 0.15) is 5.84 Å². The summed E-state index contributed by atoms with van der Waals surface area (Å²) in [4.78, 5) is 2.43. The number of rotatable bonds is 5. The van der Waals surface area contributed by atoms with Crippen molar-refractivity contribution >= 4 is 5.84 Å². The molecule has 1 aromatic carbocycles. The Labute approximate surface area is 126 Å². The maximum atomic E-state index is 8.92. The molecule has 1 fully saturated rings. The van der Waals surface area contributed by atoms with E-state index in [0.717, 1.165) is 19.6 Å². The van der Waals surface area contributed by atoms with E-state index in [1.807, 2.05) is 18.2 Å². The van der Waals surface area contributed by atoms with E-state index >= 15 is 0 Å². The van der Waals surface area contributed by atoms with Crippen molar-refractivity contribution in [2.75, 3.05) is 13.2 Å². The molecule has 1 saturated heterocycles. The summed E-state index contributed by atoms with van der Waals surface area (Å²) in [6, 6.07) is 10.7. The Balaban J connectivity index is 2.28. The van der Waals surface area contributed by atoms with Crippen molar-refractivity contribution in [2.24, 2.45) is 10.9 Å². The topological polar surface area (TPSA) is 71.1 Å². The molecule has 1 aliphatic heterocycles. The first-order chi connectivity index (χ1) is 10.2. The molecule has 0 aromatic heterocycles. The van der Waals surface area contributed by atoms with E-state index in [1.54, 1.807) is 0 Å². The summed E-state index contributed by atoms with van der Waals surface area (Å²) in [6.45, 7) is 5.85. The van der Waals surface area contributed by atoms with Crippen LogP contribution < -0.4 is 5.73 Å².